The molecule has 1 aromatic rings. The molecule has 0 aromatic heterocycles. The fourth-order valence-electron chi connectivity index (χ4n) is 1.61. The summed E-state index contributed by atoms with van der Waals surface area (Å²) in [5, 5.41) is 6.70. The first-order chi connectivity index (χ1) is 9.52. The van der Waals surface area contributed by atoms with Crippen molar-refractivity contribution < 1.29 is 9.59 Å². The van der Waals surface area contributed by atoms with Gasteiger partial charge >= 0.3 is 0 Å². The molecule has 0 unspecified atom stereocenters. The Morgan fingerprint density at radius 2 is 1.80 bits per heavy atom. The van der Waals surface area contributed by atoms with Crippen molar-refractivity contribution in [3.63, 3.8) is 0 Å². The monoisotopic (exact) mass is 275 g/mol. The largest absolute Gasteiger partial charge is 0.326 e. The maximum atomic E-state index is 11.9. The van der Waals surface area contributed by atoms with Gasteiger partial charge in [0, 0.05) is 23.9 Å². The summed E-state index contributed by atoms with van der Waals surface area (Å²) in [5.74, 6) is -0.395. The van der Waals surface area contributed by atoms with Gasteiger partial charge in [0.1, 0.15) is 0 Å². The van der Waals surface area contributed by atoms with Gasteiger partial charge in [0.05, 0.1) is 0 Å². The van der Waals surface area contributed by atoms with E-state index >= 15 is 0 Å². The molecule has 0 bridgehead atoms. The second kappa shape index (κ2) is 8.09. The van der Waals surface area contributed by atoms with E-state index in [0.717, 1.165) is 25.0 Å². The molecule has 0 aliphatic rings. The lowest BCUT2D eigenvalue weighted by Crippen LogP contribution is -2.19. The van der Waals surface area contributed by atoms with Crippen LogP contribution in [-0.2, 0) is 4.79 Å². The SMILES string of the molecule is CCCC/C(C)=N\NC(=O)c1ccc(NC(C)=O)cc1. The van der Waals surface area contributed by atoms with E-state index < -0.39 is 0 Å². The Balaban J connectivity index is 2.57. The second-order valence-corrected chi connectivity index (χ2v) is 4.65. The minimum Gasteiger partial charge on any atom is -0.326 e. The summed E-state index contributed by atoms with van der Waals surface area (Å²) in [7, 11) is 0. The molecule has 0 saturated carbocycles. The molecule has 2 N–H and O–H groups in total. The normalized spacial score (nSPS) is 11.1. The van der Waals surface area contributed by atoms with Crippen LogP contribution >= 0.6 is 0 Å². The van der Waals surface area contributed by atoms with E-state index in [9.17, 15) is 9.59 Å². The predicted octanol–water partition coefficient (Wildman–Crippen LogP) is 2.94. The Morgan fingerprint density at radius 1 is 1.15 bits per heavy atom. The highest BCUT2D eigenvalue weighted by Gasteiger charge is 2.04. The molecule has 0 saturated heterocycles. The third-order valence-corrected chi connectivity index (χ3v) is 2.71. The number of benzene rings is 1. The molecule has 0 fully saturated rings. The molecule has 108 valence electrons. The molecule has 1 aromatic carbocycles. The molecule has 0 spiro atoms. The van der Waals surface area contributed by atoms with Gasteiger partial charge in [0.15, 0.2) is 0 Å². The highest BCUT2D eigenvalue weighted by atomic mass is 16.2. The van der Waals surface area contributed by atoms with Crippen molar-refractivity contribution in [3.05, 3.63) is 29.8 Å². The lowest BCUT2D eigenvalue weighted by molar-refractivity contribution is -0.114. The summed E-state index contributed by atoms with van der Waals surface area (Å²) >= 11 is 0. The Labute approximate surface area is 119 Å². The number of hydrogen-bond donors (Lipinski definition) is 2. The van der Waals surface area contributed by atoms with Crippen LogP contribution in [0.2, 0.25) is 0 Å². The van der Waals surface area contributed by atoms with Gasteiger partial charge in [-0.3, -0.25) is 9.59 Å². The number of carbonyl (C=O) groups is 2. The van der Waals surface area contributed by atoms with E-state index in [2.05, 4.69) is 22.8 Å². The van der Waals surface area contributed by atoms with E-state index in [-0.39, 0.29) is 11.8 Å². The summed E-state index contributed by atoms with van der Waals surface area (Å²) in [6.07, 6.45) is 3.06. The van der Waals surface area contributed by atoms with Gasteiger partial charge in [-0.15, -0.1) is 0 Å². The van der Waals surface area contributed by atoms with Crippen LogP contribution in [0.25, 0.3) is 0 Å². The Bertz CT molecular complexity index is 492. The topological polar surface area (TPSA) is 70.6 Å². The zero-order chi connectivity index (χ0) is 15.0. The number of nitrogens with zero attached hydrogens (tertiary/aromatic N) is 1. The highest BCUT2D eigenvalue weighted by molar-refractivity contribution is 5.96. The van der Waals surface area contributed by atoms with Crippen LogP contribution in [-0.4, -0.2) is 17.5 Å². The molecule has 0 atom stereocenters. The molecule has 20 heavy (non-hydrogen) atoms. The van der Waals surface area contributed by atoms with Crippen molar-refractivity contribution in [2.75, 3.05) is 5.32 Å². The molecule has 0 heterocycles. The van der Waals surface area contributed by atoms with Crippen LogP contribution in [0.4, 0.5) is 5.69 Å². The van der Waals surface area contributed by atoms with Gasteiger partial charge in [-0.1, -0.05) is 13.3 Å². The molecular formula is C15H21N3O2. The van der Waals surface area contributed by atoms with E-state index in [0.29, 0.717) is 11.3 Å². The highest BCUT2D eigenvalue weighted by Crippen LogP contribution is 2.09. The molecule has 2 amide bonds. The first-order valence-corrected chi connectivity index (χ1v) is 6.74. The number of carbonyl (C=O) groups excluding carboxylic acids is 2. The fourth-order valence-corrected chi connectivity index (χ4v) is 1.61. The lowest BCUT2D eigenvalue weighted by Gasteiger charge is -2.04. The molecule has 1 rings (SSSR count). The molecule has 0 radical (unpaired) electrons. The Hall–Kier alpha value is -2.17. The lowest BCUT2D eigenvalue weighted by atomic mass is 10.2. The number of rotatable bonds is 6. The van der Waals surface area contributed by atoms with E-state index in [1.807, 2.05) is 6.92 Å². The Morgan fingerprint density at radius 3 is 2.35 bits per heavy atom. The second-order valence-electron chi connectivity index (χ2n) is 4.65. The molecule has 0 aliphatic carbocycles. The van der Waals surface area contributed by atoms with Crippen LogP contribution in [0.5, 0.6) is 0 Å². The van der Waals surface area contributed by atoms with Crippen molar-refractivity contribution in [1.29, 1.82) is 0 Å². The van der Waals surface area contributed by atoms with Gasteiger partial charge in [-0.25, -0.2) is 5.43 Å². The van der Waals surface area contributed by atoms with Crippen LogP contribution in [0.15, 0.2) is 29.4 Å². The average Bonchev–Trinajstić information content (AvgIpc) is 2.42. The maximum absolute atomic E-state index is 11.9. The number of unbranched alkanes of at least 4 members (excludes halogenated alkanes) is 1. The molecule has 5 heteroatoms. The smallest absolute Gasteiger partial charge is 0.271 e. The fraction of sp³-hybridized carbons (Fsp3) is 0.400. The predicted molar refractivity (Wildman–Crippen MR) is 80.8 cm³/mol. The summed E-state index contributed by atoms with van der Waals surface area (Å²) < 4.78 is 0. The van der Waals surface area contributed by atoms with Crippen LogP contribution < -0.4 is 10.7 Å². The Kier molecular flexibility index (Phi) is 6.43. The number of hydrazone groups is 1. The van der Waals surface area contributed by atoms with E-state index in [1.54, 1.807) is 24.3 Å². The number of nitrogens with one attached hydrogen (secondary N) is 2. The summed E-state index contributed by atoms with van der Waals surface area (Å²) in [5.41, 5.74) is 4.61. The minimum absolute atomic E-state index is 0.140. The van der Waals surface area contributed by atoms with Crippen molar-refractivity contribution >= 4 is 23.2 Å². The summed E-state index contributed by atoms with van der Waals surface area (Å²) in [6, 6.07) is 6.67. The first kappa shape index (κ1) is 15.9. The van der Waals surface area contributed by atoms with E-state index in [1.165, 1.54) is 6.92 Å². The molecule has 0 aliphatic heterocycles. The van der Waals surface area contributed by atoms with Crippen LogP contribution in [0, 0.1) is 0 Å². The van der Waals surface area contributed by atoms with Crippen molar-refractivity contribution in [2.24, 2.45) is 5.10 Å². The minimum atomic E-state index is -0.254. The zero-order valence-corrected chi connectivity index (χ0v) is 12.2. The van der Waals surface area contributed by atoms with Gasteiger partial charge < -0.3 is 5.32 Å². The summed E-state index contributed by atoms with van der Waals surface area (Å²) in [4.78, 5) is 22.7. The van der Waals surface area contributed by atoms with Crippen molar-refractivity contribution in [1.82, 2.24) is 5.43 Å². The van der Waals surface area contributed by atoms with Crippen molar-refractivity contribution in [3.8, 4) is 0 Å². The first-order valence-electron chi connectivity index (χ1n) is 6.74. The van der Waals surface area contributed by atoms with Gasteiger partial charge in [-0.05, 0) is 44.0 Å². The third-order valence-electron chi connectivity index (χ3n) is 2.71. The van der Waals surface area contributed by atoms with Gasteiger partial charge in [0.2, 0.25) is 5.91 Å². The number of anilines is 1. The van der Waals surface area contributed by atoms with Crippen LogP contribution in [0.3, 0.4) is 0 Å². The van der Waals surface area contributed by atoms with Crippen molar-refractivity contribution in [2.45, 2.75) is 40.0 Å². The quantitative estimate of drug-likeness (QED) is 0.619. The van der Waals surface area contributed by atoms with Crippen LogP contribution in [0.1, 0.15) is 50.4 Å². The number of amides is 2. The zero-order valence-electron chi connectivity index (χ0n) is 12.2. The maximum Gasteiger partial charge on any atom is 0.271 e. The standard InChI is InChI=1S/C15H21N3O2/c1-4-5-6-11(2)17-18-15(20)13-7-9-14(10-8-13)16-12(3)19/h7-10H,4-6H2,1-3H3,(H,16,19)(H,18,20)/b17-11-. The average molecular weight is 275 g/mol. The van der Waals surface area contributed by atoms with Gasteiger partial charge in [-0.2, -0.15) is 5.10 Å². The summed E-state index contributed by atoms with van der Waals surface area (Å²) in [6.45, 7) is 5.45. The third kappa shape index (κ3) is 5.65. The number of hydrogen-bond acceptors (Lipinski definition) is 3. The molecule has 5 nitrogen and oxygen atoms in total. The molecular weight excluding hydrogens is 254 g/mol. The van der Waals surface area contributed by atoms with Gasteiger partial charge in [0.25, 0.3) is 5.91 Å². The van der Waals surface area contributed by atoms with E-state index in [4.69, 9.17) is 0 Å².